The van der Waals surface area contributed by atoms with Crippen molar-refractivity contribution >= 4 is 5.91 Å². The Bertz CT molecular complexity index is 623. The molecule has 0 spiro atoms. The highest BCUT2D eigenvalue weighted by Crippen LogP contribution is 2.59. The first-order valence-electron chi connectivity index (χ1n) is 9.69. The maximum absolute atomic E-state index is 13.1. The third-order valence-electron chi connectivity index (χ3n) is 6.81. The summed E-state index contributed by atoms with van der Waals surface area (Å²) in [6.45, 7) is 1.54. The molecule has 4 heteroatoms. The Morgan fingerprint density at radius 2 is 1.88 bits per heavy atom. The van der Waals surface area contributed by atoms with Gasteiger partial charge in [0.05, 0.1) is 12.5 Å². The van der Waals surface area contributed by atoms with Crippen LogP contribution < -0.4 is 10.1 Å². The molecule has 2 saturated carbocycles. The number of ether oxygens (including phenoxy) is 2. The number of nitrogens with one attached hydrogen (secondary N) is 1. The number of hydrogen-bond acceptors (Lipinski definition) is 3. The lowest BCUT2D eigenvalue weighted by Gasteiger charge is -2.40. The summed E-state index contributed by atoms with van der Waals surface area (Å²) in [6.07, 6.45) is 8.44. The van der Waals surface area contributed by atoms with Gasteiger partial charge in [-0.3, -0.25) is 4.79 Å². The Morgan fingerprint density at radius 1 is 1.12 bits per heavy atom. The fourth-order valence-electron chi connectivity index (χ4n) is 5.32. The zero-order valence-corrected chi connectivity index (χ0v) is 15.2. The molecule has 3 aliphatic rings. The number of benzene rings is 1. The van der Waals surface area contributed by atoms with E-state index >= 15 is 0 Å². The maximum Gasteiger partial charge on any atom is 0.226 e. The summed E-state index contributed by atoms with van der Waals surface area (Å²) >= 11 is 0. The number of carbonyl (C=O) groups excluding carboxylic acids is 1. The lowest BCUT2D eigenvalue weighted by molar-refractivity contribution is -0.133. The Labute approximate surface area is 150 Å². The van der Waals surface area contributed by atoms with Crippen molar-refractivity contribution in [1.82, 2.24) is 5.32 Å². The summed E-state index contributed by atoms with van der Waals surface area (Å²) in [6, 6.07) is 8.82. The van der Waals surface area contributed by atoms with E-state index in [1.54, 1.807) is 7.11 Å². The number of fused-ring (bicyclic) bond motifs is 2. The van der Waals surface area contributed by atoms with Gasteiger partial charge >= 0.3 is 0 Å². The van der Waals surface area contributed by atoms with Gasteiger partial charge in [0.2, 0.25) is 5.91 Å². The molecule has 0 radical (unpaired) electrons. The van der Waals surface area contributed by atoms with Crippen molar-refractivity contribution in [1.29, 1.82) is 0 Å². The molecule has 1 aromatic rings. The Kier molecular flexibility index (Phi) is 4.48. The van der Waals surface area contributed by atoms with Gasteiger partial charge in [-0.2, -0.15) is 0 Å². The topological polar surface area (TPSA) is 47.6 Å². The third kappa shape index (κ3) is 3.05. The van der Waals surface area contributed by atoms with Crippen LogP contribution >= 0.6 is 0 Å². The number of rotatable bonds is 4. The van der Waals surface area contributed by atoms with Crippen molar-refractivity contribution in [3.05, 3.63) is 29.8 Å². The Hall–Kier alpha value is -1.55. The van der Waals surface area contributed by atoms with E-state index in [-0.39, 0.29) is 10.8 Å². The molecule has 2 unspecified atom stereocenters. The molecular formula is C21H29NO3. The van der Waals surface area contributed by atoms with Crippen LogP contribution in [0.15, 0.2) is 24.3 Å². The van der Waals surface area contributed by atoms with E-state index in [2.05, 4.69) is 29.6 Å². The van der Waals surface area contributed by atoms with Crippen molar-refractivity contribution in [2.24, 2.45) is 5.41 Å². The highest BCUT2D eigenvalue weighted by Gasteiger charge is 2.55. The number of amides is 1. The zero-order chi connectivity index (χ0) is 17.3. The maximum atomic E-state index is 13.1. The monoisotopic (exact) mass is 343 g/mol. The van der Waals surface area contributed by atoms with Crippen LogP contribution in [0.5, 0.6) is 5.75 Å². The Balaban J connectivity index is 1.51. The summed E-state index contributed by atoms with van der Waals surface area (Å²) < 4.78 is 10.7. The van der Waals surface area contributed by atoms with Gasteiger partial charge in [0, 0.05) is 19.3 Å². The average Bonchev–Trinajstić information content (AvgIpc) is 2.95. The van der Waals surface area contributed by atoms with E-state index in [1.165, 1.54) is 12.0 Å². The van der Waals surface area contributed by atoms with E-state index in [9.17, 15) is 4.79 Å². The minimum atomic E-state index is -0.156. The molecule has 0 aromatic heterocycles. The predicted octanol–water partition coefficient (Wildman–Crippen LogP) is 3.58. The molecule has 2 bridgehead atoms. The molecular weight excluding hydrogens is 314 g/mol. The van der Waals surface area contributed by atoms with Gasteiger partial charge in [0.15, 0.2) is 0 Å². The van der Waals surface area contributed by atoms with Crippen LogP contribution in [0, 0.1) is 5.41 Å². The first-order chi connectivity index (χ1) is 12.2. The van der Waals surface area contributed by atoms with Gasteiger partial charge in [-0.05, 0) is 68.1 Å². The number of carbonyl (C=O) groups is 1. The van der Waals surface area contributed by atoms with E-state index in [4.69, 9.17) is 9.47 Å². The SMILES string of the molecule is COc1ccc(C23CCCC(C(=O)NC4CCOCC4)(CC2)C3)cc1. The van der Waals surface area contributed by atoms with E-state index in [0.29, 0.717) is 11.9 Å². The van der Waals surface area contributed by atoms with Crippen LogP contribution in [0.3, 0.4) is 0 Å². The van der Waals surface area contributed by atoms with Crippen LogP contribution in [0.4, 0.5) is 0 Å². The minimum Gasteiger partial charge on any atom is -0.497 e. The van der Waals surface area contributed by atoms with E-state index in [1.807, 2.05) is 0 Å². The van der Waals surface area contributed by atoms with Crippen molar-refractivity contribution in [2.45, 2.75) is 62.8 Å². The van der Waals surface area contributed by atoms with Crippen molar-refractivity contribution < 1.29 is 14.3 Å². The standard InChI is InChI=1S/C21H29NO3/c1-24-18-5-3-16(4-6-18)20-9-2-10-21(15-20,12-11-20)19(23)22-17-7-13-25-14-8-17/h3-6,17H,2,7-15H2,1H3,(H,22,23). The first-order valence-corrected chi connectivity index (χ1v) is 9.69. The normalized spacial score (nSPS) is 32.4. The molecule has 136 valence electrons. The molecule has 4 rings (SSSR count). The summed E-state index contributed by atoms with van der Waals surface area (Å²) in [4.78, 5) is 13.1. The second kappa shape index (κ2) is 6.64. The number of methoxy groups -OCH3 is 1. The lowest BCUT2D eigenvalue weighted by Crippen LogP contribution is -2.48. The molecule has 1 saturated heterocycles. The lowest BCUT2D eigenvalue weighted by atomic mass is 9.65. The predicted molar refractivity (Wildman–Crippen MR) is 96.8 cm³/mol. The van der Waals surface area contributed by atoms with Crippen LogP contribution in [0.2, 0.25) is 0 Å². The van der Waals surface area contributed by atoms with Crippen LogP contribution in [-0.2, 0) is 14.9 Å². The average molecular weight is 343 g/mol. The zero-order valence-electron chi connectivity index (χ0n) is 15.2. The second-order valence-electron chi connectivity index (χ2n) is 8.18. The summed E-state index contributed by atoms with van der Waals surface area (Å²) in [7, 11) is 1.70. The Morgan fingerprint density at radius 3 is 2.60 bits per heavy atom. The summed E-state index contributed by atoms with van der Waals surface area (Å²) in [5, 5.41) is 3.35. The smallest absolute Gasteiger partial charge is 0.226 e. The second-order valence-corrected chi connectivity index (χ2v) is 8.18. The van der Waals surface area contributed by atoms with E-state index < -0.39 is 0 Å². The van der Waals surface area contributed by atoms with Crippen molar-refractivity contribution in [2.75, 3.05) is 20.3 Å². The molecule has 1 aliphatic heterocycles. The van der Waals surface area contributed by atoms with Gasteiger partial charge in [0.25, 0.3) is 0 Å². The largest absolute Gasteiger partial charge is 0.497 e. The molecule has 3 fully saturated rings. The van der Waals surface area contributed by atoms with Crippen molar-refractivity contribution in [3.8, 4) is 5.75 Å². The molecule has 1 N–H and O–H groups in total. The molecule has 1 aromatic carbocycles. The highest BCUT2D eigenvalue weighted by atomic mass is 16.5. The highest BCUT2D eigenvalue weighted by molar-refractivity contribution is 5.84. The number of hydrogen-bond donors (Lipinski definition) is 1. The van der Waals surface area contributed by atoms with Gasteiger partial charge in [-0.15, -0.1) is 0 Å². The molecule has 1 heterocycles. The van der Waals surface area contributed by atoms with Crippen LogP contribution in [-0.4, -0.2) is 32.3 Å². The molecule has 2 atom stereocenters. The molecule has 4 nitrogen and oxygen atoms in total. The molecule has 25 heavy (non-hydrogen) atoms. The van der Waals surface area contributed by atoms with Gasteiger partial charge < -0.3 is 14.8 Å². The molecule has 2 aliphatic carbocycles. The summed E-state index contributed by atoms with van der Waals surface area (Å²) in [5.74, 6) is 1.20. The minimum absolute atomic E-state index is 0.156. The van der Waals surface area contributed by atoms with E-state index in [0.717, 1.165) is 63.9 Å². The van der Waals surface area contributed by atoms with Crippen molar-refractivity contribution in [3.63, 3.8) is 0 Å². The molecule has 1 amide bonds. The third-order valence-corrected chi connectivity index (χ3v) is 6.81. The fourth-order valence-corrected chi connectivity index (χ4v) is 5.32. The van der Waals surface area contributed by atoms with Crippen LogP contribution in [0.25, 0.3) is 0 Å². The van der Waals surface area contributed by atoms with Crippen LogP contribution in [0.1, 0.15) is 56.9 Å². The fraction of sp³-hybridized carbons (Fsp3) is 0.667. The quantitative estimate of drug-likeness (QED) is 0.909. The van der Waals surface area contributed by atoms with Gasteiger partial charge in [0.1, 0.15) is 5.75 Å². The van der Waals surface area contributed by atoms with Gasteiger partial charge in [-0.25, -0.2) is 0 Å². The summed E-state index contributed by atoms with van der Waals surface area (Å²) in [5.41, 5.74) is 1.40. The first kappa shape index (κ1) is 16.9. The van der Waals surface area contributed by atoms with Gasteiger partial charge in [-0.1, -0.05) is 18.6 Å².